The van der Waals surface area contributed by atoms with Crippen LogP contribution >= 0.6 is 23.2 Å². The number of methoxy groups -OCH3 is 1. The van der Waals surface area contributed by atoms with Crippen molar-refractivity contribution in [3.8, 4) is 0 Å². The van der Waals surface area contributed by atoms with E-state index in [1.807, 2.05) is 4.90 Å². The van der Waals surface area contributed by atoms with Gasteiger partial charge in [-0.25, -0.2) is 8.78 Å². The van der Waals surface area contributed by atoms with Crippen molar-refractivity contribution >= 4 is 34.8 Å². The Labute approximate surface area is 345 Å². The summed E-state index contributed by atoms with van der Waals surface area (Å²) < 4.78 is 74.3. The zero-order chi connectivity index (χ0) is 41.2. The summed E-state index contributed by atoms with van der Waals surface area (Å²) in [4.78, 5) is 17.3. The van der Waals surface area contributed by atoms with Crippen LogP contribution in [0, 0.1) is 17.0 Å². The molecule has 7 rings (SSSR count). The number of amides is 1. The predicted octanol–water partition coefficient (Wildman–Crippen LogP) is 8.43. The second-order valence-corrected chi connectivity index (χ2v) is 16.7. The van der Waals surface area contributed by atoms with E-state index < -0.39 is 89.0 Å². The number of hydrogen-bond acceptors (Lipinski definition) is 7. The lowest BCUT2D eigenvalue weighted by Gasteiger charge is -2.61. The van der Waals surface area contributed by atoms with Crippen molar-refractivity contribution in [3.05, 3.63) is 135 Å². The van der Waals surface area contributed by atoms with Crippen LogP contribution in [0.5, 0.6) is 0 Å². The van der Waals surface area contributed by atoms with E-state index in [1.165, 1.54) is 7.11 Å². The summed E-state index contributed by atoms with van der Waals surface area (Å²) in [5, 5.41) is 28.5. The molecule has 0 bridgehead atoms. The number of benzene rings is 4. The summed E-state index contributed by atoms with van der Waals surface area (Å²) in [5.74, 6) is -4.66. The molecule has 14 heteroatoms. The number of halogens is 6. The number of likely N-dealkylation sites (tertiary alicyclic amines) is 1. The summed E-state index contributed by atoms with van der Waals surface area (Å²) in [6, 6.07) is 21.7. The molecule has 3 aliphatic rings. The fourth-order valence-corrected chi connectivity index (χ4v) is 10.2. The van der Waals surface area contributed by atoms with E-state index in [0.717, 1.165) is 12.1 Å². The number of rotatable bonds is 14. The van der Waals surface area contributed by atoms with Gasteiger partial charge < -0.3 is 30.3 Å². The molecule has 2 saturated heterocycles. The fourth-order valence-electron chi connectivity index (χ4n) is 9.82. The zero-order valence-corrected chi connectivity index (χ0v) is 33.4. The first-order valence-electron chi connectivity index (χ1n) is 19.4. The van der Waals surface area contributed by atoms with Crippen molar-refractivity contribution in [3.63, 3.8) is 0 Å². The molecule has 8 nitrogen and oxygen atoms in total. The number of carbonyl (C=O) groups excluding carboxylic acids is 1. The Hall–Kier alpha value is -3.75. The van der Waals surface area contributed by atoms with Crippen LogP contribution in [0.2, 0.25) is 10.0 Å². The summed E-state index contributed by atoms with van der Waals surface area (Å²) in [5.41, 5.74) is -1.05. The SMILES string of the molecule is COCNc1cc(Cl)ccc1C1[C@@H](c2cc(F)cc(Cl)c2F)[C@H](C(=O)N[C@@H]2CC[C@@H](CO)OC2)N([C@H](c2ccccc2)[C@@H](O)c2ccccc2)C12CC(CF)(CF)C2. The third-order valence-electron chi connectivity index (χ3n) is 12.2. The Kier molecular flexibility index (Phi) is 13.0. The predicted molar refractivity (Wildman–Crippen MR) is 214 cm³/mol. The molecular weight excluding hydrogens is 797 g/mol. The molecule has 3 fully saturated rings. The molecule has 1 unspecified atom stereocenters. The Bertz CT molecular complexity index is 2030. The molecular formula is C44H47Cl2F4N3O5. The highest BCUT2D eigenvalue weighted by Gasteiger charge is 2.72. The van der Waals surface area contributed by atoms with E-state index in [2.05, 4.69) is 10.6 Å². The van der Waals surface area contributed by atoms with Crippen molar-refractivity contribution in [1.29, 1.82) is 0 Å². The van der Waals surface area contributed by atoms with Crippen LogP contribution in [-0.4, -0.2) is 85.2 Å². The lowest BCUT2D eigenvalue weighted by Crippen LogP contribution is -2.66. The van der Waals surface area contributed by atoms with Gasteiger partial charge in [0.05, 0.1) is 61.9 Å². The number of anilines is 1. The quantitative estimate of drug-likeness (QED) is 0.0575. The van der Waals surface area contributed by atoms with Gasteiger partial charge in [-0.3, -0.25) is 18.5 Å². The van der Waals surface area contributed by atoms with E-state index in [4.69, 9.17) is 32.7 Å². The van der Waals surface area contributed by atoms with E-state index in [-0.39, 0.29) is 38.3 Å². The average molecular weight is 845 g/mol. The van der Waals surface area contributed by atoms with Gasteiger partial charge >= 0.3 is 0 Å². The zero-order valence-electron chi connectivity index (χ0n) is 31.9. The van der Waals surface area contributed by atoms with Crippen LogP contribution in [0.15, 0.2) is 91.0 Å². The van der Waals surface area contributed by atoms with Crippen LogP contribution in [-0.2, 0) is 14.3 Å². The normalized spacial score (nSPS) is 24.9. The molecule has 0 aromatic heterocycles. The van der Waals surface area contributed by atoms with Gasteiger partial charge in [-0.15, -0.1) is 0 Å². The van der Waals surface area contributed by atoms with Gasteiger partial charge in [0.15, 0.2) is 0 Å². The summed E-state index contributed by atoms with van der Waals surface area (Å²) in [6.45, 7) is -2.14. The maximum Gasteiger partial charge on any atom is 0.238 e. The maximum atomic E-state index is 16.9. The summed E-state index contributed by atoms with van der Waals surface area (Å²) in [6.07, 6.45) is -1.13. The molecule has 4 aromatic rings. The number of hydrogen-bond donors (Lipinski definition) is 4. The molecule has 4 N–H and O–H groups in total. The number of carbonyl (C=O) groups is 1. The highest BCUT2D eigenvalue weighted by Crippen LogP contribution is 2.70. The van der Waals surface area contributed by atoms with E-state index >= 15 is 22.4 Å². The average Bonchev–Trinajstić information content (AvgIpc) is 3.52. The van der Waals surface area contributed by atoms with Crippen LogP contribution in [0.4, 0.5) is 23.2 Å². The topological polar surface area (TPSA) is 103 Å². The highest BCUT2D eigenvalue weighted by molar-refractivity contribution is 6.31. The first-order valence-corrected chi connectivity index (χ1v) is 20.1. The number of nitrogens with zero attached hydrogens (tertiary/aromatic N) is 1. The molecule has 1 saturated carbocycles. The minimum absolute atomic E-state index is 0.0142. The Morgan fingerprint density at radius 3 is 2.22 bits per heavy atom. The number of aliphatic hydroxyl groups excluding tert-OH is 2. The summed E-state index contributed by atoms with van der Waals surface area (Å²) in [7, 11) is 1.49. The number of alkyl halides is 2. The molecule has 310 valence electrons. The largest absolute Gasteiger partial charge is 0.394 e. The van der Waals surface area contributed by atoms with Crippen molar-refractivity contribution in [2.24, 2.45) is 5.41 Å². The lowest BCUT2D eigenvalue weighted by atomic mass is 9.51. The molecule has 4 aromatic carbocycles. The van der Waals surface area contributed by atoms with Crippen LogP contribution in [0.3, 0.4) is 0 Å². The van der Waals surface area contributed by atoms with Crippen LogP contribution < -0.4 is 10.6 Å². The van der Waals surface area contributed by atoms with Crippen molar-refractivity contribution in [2.45, 2.75) is 73.4 Å². The molecule has 7 atom stereocenters. The van der Waals surface area contributed by atoms with Gasteiger partial charge in [0.2, 0.25) is 5.91 Å². The molecule has 2 heterocycles. The van der Waals surface area contributed by atoms with Crippen LogP contribution in [0.25, 0.3) is 0 Å². The van der Waals surface area contributed by atoms with E-state index in [0.29, 0.717) is 40.2 Å². The first-order chi connectivity index (χ1) is 28.0. The molecule has 1 spiro atoms. The Morgan fingerprint density at radius 1 is 0.948 bits per heavy atom. The van der Waals surface area contributed by atoms with Gasteiger partial charge in [-0.1, -0.05) is 89.9 Å². The molecule has 1 amide bonds. The second-order valence-electron chi connectivity index (χ2n) is 15.8. The van der Waals surface area contributed by atoms with Crippen molar-refractivity contribution < 1.29 is 42.0 Å². The van der Waals surface area contributed by atoms with Crippen molar-refractivity contribution in [2.75, 3.05) is 45.7 Å². The first kappa shape index (κ1) is 42.4. The third-order valence-corrected chi connectivity index (χ3v) is 12.7. The molecule has 2 aliphatic heterocycles. The van der Waals surface area contributed by atoms with Crippen molar-refractivity contribution in [1.82, 2.24) is 10.2 Å². The second kappa shape index (κ2) is 17.8. The minimum Gasteiger partial charge on any atom is -0.394 e. The van der Waals surface area contributed by atoms with Gasteiger partial charge in [-0.2, -0.15) is 0 Å². The standard InChI is InChI=1S/C44H47Cl2F4N3O5/c1-57-25-51-35-16-28(45)12-15-32(35)37-36(33-17-29(49)18-34(46)38(33)50)40(42(56)52-30-13-14-31(19-54)58-20-30)53(44(37)21-43(22-44,23-47)24-48)39(26-8-4-2-5-9-26)41(55)27-10-6-3-7-11-27/h2-12,15-18,30-31,36-37,39-41,51,54-55H,13-14,19-25H2,1H3,(H,52,56)/t30-,31+,36-,37?,39-,40-,41+/m1/s1. The van der Waals surface area contributed by atoms with E-state index in [1.54, 1.807) is 78.9 Å². The van der Waals surface area contributed by atoms with Gasteiger partial charge in [-0.05, 0) is 72.2 Å². The molecule has 1 aliphatic carbocycles. The highest BCUT2D eigenvalue weighted by atomic mass is 35.5. The molecule has 0 radical (unpaired) electrons. The van der Waals surface area contributed by atoms with Gasteiger partial charge in [0.1, 0.15) is 18.4 Å². The monoisotopic (exact) mass is 843 g/mol. The van der Waals surface area contributed by atoms with Gasteiger partial charge in [0, 0.05) is 40.6 Å². The smallest absolute Gasteiger partial charge is 0.238 e. The maximum absolute atomic E-state index is 16.9. The minimum atomic E-state index is -1.48. The third kappa shape index (κ3) is 7.97. The number of ether oxygens (including phenoxy) is 2. The fraction of sp³-hybridized carbons (Fsp3) is 0.432. The number of nitrogens with one attached hydrogen (secondary N) is 2. The molecule has 58 heavy (non-hydrogen) atoms. The van der Waals surface area contributed by atoms with Crippen LogP contribution in [0.1, 0.15) is 71.9 Å². The lowest BCUT2D eigenvalue weighted by molar-refractivity contribution is -0.152. The van der Waals surface area contributed by atoms with Gasteiger partial charge in [0.25, 0.3) is 0 Å². The number of aliphatic hydroxyl groups is 2. The Balaban J connectivity index is 1.55. The van der Waals surface area contributed by atoms with E-state index in [9.17, 15) is 10.2 Å². The summed E-state index contributed by atoms with van der Waals surface area (Å²) >= 11 is 13.0. The Morgan fingerprint density at radius 2 is 1.62 bits per heavy atom.